The van der Waals surface area contributed by atoms with E-state index in [0.29, 0.717) is 12.8 Å². The lowest BCUT2D eigenvalue weighted by Gasteiger charge is -2.12. The average Bonchev–Trinajstić information content (AvgIpc) is 2.60. The maximum Gasteiger partial charge on any atom is 0.339 e. The fourth-order valence-corrected chi connectivity index (χ4v) is 2.07. The first kappa shape index (κ1) is 27.9. The summed E-state index contributed by atoms with van der Waals surface area (Å²) >= 11 is 0. The molecule has 1 aromatic rings. The van der Waals surface area contributed by atoms with Gasteiger partial charge in [-0.15, -0.1) is 24.8 Å². The zero-order chi connectivity index (χ0) is 19.7. The monoisotopic (exact) mass is 438 g/mol. The van der Waals surface area contributed by atoms with E-state index in [0.717, 1.165) is 25.0 Å². The smallest absolute Gasteiger partial charge is 0.339 e. The van der Waals surface area contributed by atoms with Crippen LogP contribution < -0.4 is 0 Å². The number of aromatic carboxylic acids is 2. The Morgan fingerprint density at radius 1 is 0.714 bits per heavy atom. The van der Waals surface area contributed by atoms with Crippen LogP contribution in [0, 0.1) is 0 Å². The van der Waals surface area contributed by atoms with Crippen LogP contribution in [0.1, 0.15) is 81.0 Å². The minimum Gasteiger partial charge on any atom is -0.478 e. The van der Waals surface area contributed by atoms with Crippen molar-refractivity contribution in [1.29, 1.82) is 0 Å². The SMILES string of the molecule is CCCCOC(=O)c1cc(C(=O)O)c(C(=O)O)cc1C(=O)OCCCC.Cl.Cl. The van der Waals surface area contributed by atoms with E-state index in [1.807, 2.05) is 13.8 Å². The van der Waals surface area contributed by atoms with Gasteiger partial charge in [-0.3, -0.25) is 0 Å². The minimum atomic E-state index is -1.53. The number of hydrogen-bond acceptors (Lipinski definition) is 6. The number of hydrogen-bond donors (Lipinski definition) is 2. The molecule has 0 aromatic heterocycles. The van der Waals surface area contributed by atoms with Crippen LogP contribution in [-0.4, -0.2) is 47.3 Å². The maximum absolute atomic E-state index is 12.3. The third-order valence-corrected chi connectivity index (χ3v) is 3.52. The van der Waals surface area contributed by atoms with Crippen LogP contribution in [0.4, 0.5) is 0 Å². The molecule has 0 spiro atoms. The highest BCUT2D eigenvalue weighted by molar-refractivity contribution is 6.09. The van der Waals surface area contributed by atoms with E-state index in [1.54, 1.807) is 0 Å². The first-order valence-corrected chi connectivity index (χ1v) is 8.32. The molecule has 8 nitrogen and oxygen atoms in total. The predicted octanol–water partition coefficient (Wildman–Crippen LogP) is 3.84. The number of carboxylic acid groups (broad SMARTS) is 2. The van der Waals surface area contributed by atoms with Gasteiger partial charge in [0, 0.05) is 0 Å². The summed E-state index contributed by atoms with van der Waals surface area (Å²) in [4.78, 5) is 47.2. The number of unbranched alkanes of at least 4 members (excludes halogenated alkanes) is 2. The molecule has 0 atom stereocenters. The zero-order valence-electron chi connectivity index (χ0n) is 15.6. The van der Waals surface area contributed by atoms with Crippen LogP contribution in [0.3, 0.4) is 0 Å². The van der Waals surface area contributed by atoms with Gasteiger partial charge in [-0.05, 0) is 25.0 Å². The first-order chi connectivity index (χ1) is 12.3. The van der Waals surface area contributed by atoms with Crippen molar-refractivity contribution in [3.8, 4) is 0 Å². The van der Waals surface area contributed by atoms with E-state index in [2.05, 4.69) is 0 Å². The van der Waals surface area contributed by atoms with Crippen molar-refractivity contribution >= 4 is 48.7 Å². The molecule has 0 fully saturated rings. The summed E-state index contributed by atoms with van der Waals surface area (Å²) < 4.78 is 10.1. The van der Waals surface area contributed by atoms with Crippen LogP contribution >= 0.6 is 24.8 Å². The molecule has 0 aliphatic carbocycles. The molecule has 0 aliphatic rings. The number of esters is 2. The number of benzene rings is 1. The Morgan fingerprint density at radius 3 is 1.29 bits per heavy atom. The van der Waals surface area contributed by atoms with E-state index in [-0.39, 0.29) is 49.2 Å². The highest BCUT2D eigenvalue weighted by atomic mass is 35.5. The van der Waals surface area contributed by atoms with Gasteiger partial charge in [0.2, 0.25) is 0 Å². The van der Waals surface area contributed by atoms with E-state index < -0.39 is 35.0 Å². The zero-order valence-corrected chi connectivity index (χ0v) is 17.2. The van der Waals surface area contributed by atoms with Gasteiger partial charge < -0.3 is 19.7 Å². The van der Waals surface area contributed by atoms with Crippen LogP contribution in [0.25, 0.3) is 0 Å². The standard InChI is InChI=1S/C18H22O8.2ClH/c1-3-5-7-25-17(23)13-9-11(15(19)20)12(16(21)22)10-14(13)18(24)26-8-6-4-2;;/h9-10H,3-8H2,1-2H3,(H,19,20)(H,21,22);2*1H. The van der Waals surface area contributed by atoms with Gasteiger partial charge in [-0.2, -0.15) is 0 Å². The van der Waals surface area contributed by atoms with Gasteiger partial charge >= 0.3 is 23.9 Å². The second kappa shape index (κ2) is 13.8. The van der Waals surface area contributed by atoms with E-state index in [4.69, 9.17) is 9.47 Å². The fourth-order valence-electron chi connectivity index (χ4n) is 2.07. The maximum atomic E-state index is 12.3. The summed E-state index contributed by atoms with van der Waals surface area (Å²) in [6.45, 7) is 3.99. The number of rotatable bonds is 10. The Kier molecular flexibility index (Phi) is 13.7. The highest BCUT2D eigenvalue weighted by Gasteiger charge is 2.27. The quantitative estimate of drug-likeness (QED) is 0.416. The fraction of sp³-hybridized carbons (Fsp3) is 0.444. The van der Waals surface area contributed by atoms with Gasteiger partial charge in [0.15, 0.2) is 0 Å². The van der Waals surface area contributed by atoms with Crippen LogP contribution in [0.5, 0.6) is 0 Å². The molecule has 1 aromatic carbocycles. The van der Waals surface area contributed by atoms with Gasteiger partial charge in [0.25, 0.3) is 0 Å². The van der Waals surface area contributed by atoms with Crippen molar-refractivity contribution in [2.45, 2.75) is 39.5 Å². The van der Waals surface area contributed by atoms with Gasteiger partial charge in [-0.25, -0.2) is 19.2 Å². The van der Waals surface area contributed by atoms with E-state index in [1.165, 1.54) is 0 Å². The Bertz CT molecular complexity index is 644. The molecule has 158 valence electrons. The molecule has 10 heteroatoms. The number of carbonyl (C=O) groups is 4. The molecular formula is C18H24Cl2O8. The van der Waals surface area contributed by atoms with E-state index >= 15 is 0 Å². The molecule has 0 unspecified atom stereocenters. The van der Waals surface area contributed by atoms with Crippen molar-refractivity contribution in [2.75, 3.05) is 13.2 Å². The Balaban J connectivity index is 0. The van der Waals surface area contributed by atoms with E-state index in [9.17, 15) is 29.4 Å². The molecule has 2 N–H and O–H groups in total. The lowest BCUT2D eigenvalue weighted by atomic mass is 9.98. The number of carboxylic acids is 2. The molecule has 0 heterocycles. The summed E-state index contributed by atoms with van der Waals surface area (Å²) in [5, 5.41) is 18.4. The molecule has 0 amide bonds. The third-order valence-electron chi connectivity index (χ3n) is 3.52. The van der Waals surface area contributed by atoms with Crippen LogP contribution in [0.2, 0.25) is 0 Å². The highest BCUT2D eigenvalue weighted by Crippen LogP contribution is 2.20. The second-order valence-electron chi connectivity index (χ2n) is 5.53. The molecule has 0 saturated heterocycles. The van der Waals surface area contributed by atoms with Crippen molar-refractivity contribution in [1.82, 2.24) is 0 Å². The average molecular weight is 439 g/mol. The molecule has 0 aliphatic heterocycles. The van der Waals surface area contributed by atoms with Crippen LogP contribution in [-0.2, 0) is 9.47 Å². The lowest BCUT2D eigenvalue weighted by molar-refractivity contribution is 0.0451. The Labute approximate surface area is 175 Å². The Hall–Kier alpha value is -2.32. The molecule has 1 rings (SSSR count). The van der Waals surface area contributed by atoms with Crippen LogP contribution in [0.15, 0.2) is 12.1 Å². The third kappa shape index (κ3) is 7.74. The largest absolute Gasteiger partial charge is 0.478 e. The number of halogens is 2. The summed E-state index contributed by atoms with van der Waals surface area (Å²) in [5.74, 6) is -4.87. The van der Waals surface area contributed by atoms with Crippen molar-refractivity contribution in [3.63, 3.8) is 0 Å². The minimum absolute atomic E-state index is 0. The molecule has 28 heavy (non-hydrogen) atoms. The topological polar surface area (TPSA) is 127 Å². The van der Waals surface area contributed by atoms with Crippen molar-refractivity contribution in [3.05, 3.63) is 34.4 Å². The normalized spacial score (nSPS) is 9.50. The van der Waals surface area contributed by atoms with Gasteiger partial charge in [0.1, 0.15) is 0 Å². The number of carbonyl (C=O) groups excluding carboxylic acids is 2. The second-order valence-corrected chi connectivity index (χ2v) is 5.53. The number of ether oxygens (including phenoxy) is 2. The van der Waals surface area contributed by atoms with Gasteiger partial charge in [-0.1, -0.05) is 26.7 Å². The lowest BCUT2D eigenvalue weighted by Crippen LogP contribution is -2.19. The molecule has 0 saturated carbocycles. The summed E-state index contributed by atoms with van der Waals surface area (Å²) in [6.07, 6.45) is 2.75. The molecular weight excluding hydrogens is 415 g/mol. The Morgan fingerprint density at radius 2 is 1.04 bits per heavy atom. The summed E-state index contributed by atoms with van der Waals surface area (Å²) in [5.41, 5.74) is -1.87. The molecule has 0 bridgehead atoms. The summed E-state index contributed by atoms with van der Waals surface area (Å²) in [7, 11) is 0. The molecule has 0 radical (unpaired) electrons. The van der Waals surface area contributed by atoms with Gasteiger partial charge in [0.05, 0.1) is 35.5 Å². The van der Waals surface area contributed by atoms with Crippen molar-refractivity contribution in [2.24, 2.45) is 0 Å². The summed E-state index contributed by atoms with van der Waals surface area (Å²) in [6, 6.07) is 1.69. The van der Waals surface area contributed by atoms with Crippen molar-refractivity contribution < 1.29 is 38.9 Å². The predicted molar refractivity (Wildman–Crippen MR) is 105 cm³/mol. The first-order valence-electron chi connectivity index (χ1n) is 8.32.